The van der Waals surface area contributed by atoms with Gasteiger partial charge in [0.1, 0.15) is 11.4 Å². The summed E-state index contributed by atoms with van der Waals surface area (Å²) >= 11 is 0. The molecule has 1 saturated heterocycles. The molecule has 1 aliphatic rings. The molecule has 1 aromatic carbocycles. The van der Waals surface area contributed by atoms with Crippen LogP contribution >= 0.6 is 0 Å². The molecule has 3 aromatic rings. The van der Waals surface area contributed by atoms with Crippen molar-refractivity contribution < 1.29 is 14.3 Å². The number of pyridine rings is 1. The summed E-state index contributed by atoms with van der Waals surface area (Å²) in [5.41, 5.74) is 2.15. The molecule has 0 atom stereocenters. The van der Waals surface area contributed by atoms with Gasteiger partial charge in [0.15, 0.2) is 0 Å². The fourth-order valence-electron chi connectivity index (χ4n) is 3.17. The highest BCUT2D eigenvalue weighted by Crippen LogP contribution is 2.24. The second kappa shape index (κ2) is 8.73. The van der Waals surface area contributed by atoms with Gasteiger partial charge in [-0.1, -0.05) is 5.21 Å². The molecule has 1 N–H and O–H groups in total. The molecule has 1 fully saturated rings. The first kappa shape index (κ1) is 19.6. The van der Waals surface area contributed by atoms with Crippen LogP contribution < -0.4 is 10.1 Å². The van der Waals surface area contributed by atoms with Crippen LogP contribution in [0.2, 0.25) is 0 Å². The van der Waals surface area contributed by atoms with E-state index < -0.39 is 0 Å². The fraction of sp³-hybridized carbons (Fsp3) is 0.286. The zero-order valence-electron chi connectivity index (χ0n) is 16.6. The molecule has 0 spiro atoms. The molecule has 0 aliphatic carbocycles. The third-order valence-electron chi connectivity index (χ3n) is 4.88. The molecule has 0 radical (unpaired) electrons. The van der Waals surface area contributed by atoms with E-state index in [9.17, 15) is 9.59 Å². The van der Waals surface area contributed by atoms with E-state index in [1.807, 2.05) is 37.4 Å². The third kappa shape index (κ3) is 4.29. The molecule has 30 heavy (non-hydrogen) atoms. The lowest BCUT2D eigenvalue weighted by molar-refractivity contribution is -0.136. The predicted molar refractivity (Wildman–Crippen MR) is 109 cm³/mol. The van der Waals surface area contributed by atoms with Gasteiger partial charge in [-0.15, -0.1) is 5.10 Å². The Labute approximate surface area is 173 Å². The van der Waals surface area contributed by atoms with Crippen molar-refractivity contribution >= 4 is 11.8 Å². The number of nitrogens with one attached hydrogen (secondary N) is 1. The summed E-state index contributed by atoms with van der Waals surface area (Å²) in [6.07, 6.45) is 4.94. The molecular weight excluding hydrogens is 384 g/mol. The SMILES string of the molecule is CCOc1ccc(-c2cn(C3CN(C(=O)CNC(=O)c4cccnc4)C3)nn2)cc1. The Bertz CT molecular complexity index is 1010. The lowest BCUT2D eigenvalue weighted by atomic mass is 10.1. The highest BCUT2D eigenvalue weighted by Gasteiger charge is 2.32. The van der Waals surface area contributed by atoms with Gasteiger partial charge in [0.2, 0.25) is 5.91 Å². The lowest BCUT2D eigenvalue weighted by Gasteiger charge is -2.38. The Kier molecular flexibility index (Phi) is 5.69. The zero-order chi connectivity index (χ0) is 20.9. The van der Waals surface area contributed by atoms with Gasteiger partial charge < -0.3 is 15.0 Å². The lowest BCUT2D eigenvalue weighted by Crippen LogP contribution is -2.53. The second-order valence-electron chi connectivity index (χ2n) is 6.92. The van der Waals surface area contributed by atoms with Crippen LogP contribution in [0, 0.1) is 0 Å². The van der Waals surface area contributed by atoms with E-state index in [0.29, 0.717) is 25.3 Å². The molecule has 0 bridgehead atoms. The molecule has 3 heterocycles. The van der Waals surface area contributed by atoms with Crippen LogP contribution in [0.3, 0.4) is 0 Å². The largest absolute Gasteiger partial charge is 0.494 e. The maximum atomic E-state index is 12.3. The molecule has 2 aromatic heterocycles. The summed E-state index contributed by atoms with van der Waals surface area (Å²) in [5, 5.41) is 11.1. The van der Waals surface area contributed by atoms with E-state index in [1.54, 1.807) is 27.9 Å². The van der Waals surface area contributed by atoms with Gasteiger partial charge in [0, 0.05) is 31.0 Å². The Hall–Kier alpha value is -3.75. The van der Waals surface area contributed by atoms with Crippen LogP contribution in [-0.2, 0) is 4.79 Å². The number of carbonyl (C=O) groups excluding carboxylic acids is 2. The Morgan fingerprint density at radius 2 is 2.00 bits per heavy atom. The average molecular weight is 406 g/mol. The molecule has 2 amide bonds. The highest BCUT2D eigenvalue weighted by atomic mass is 16.5. The predicted octanol–water partition coefficient (Wildman–Crippen LogP) is 1.55. The van der Waals surface area contributed by atoms with E-state index in [-0.39, 0.29) is 24.4 Å². The number of hydrogen-bond donors (Lipinski definition) is 1. The minimum atomic E-state index is -0.315. The van der Waals surface area contributed by atoms with Gasteiger partial charge in [-0.05, 0) is 43.3 Å². The van der Waals surface area contributed by atoms with Crippen LogP contribution in [0.5, 0.6) is 5.75 Å². The van der Waals surface area contributed by atoms with E-state index in [4.69, 9.17) is 4.74 Å². The first-order chi connectivity index (χ1) is 14.6. The monoisotopic (exact) mass is 406 g/mol. The van der Waals surface area contributed by atoms with Gasteiger partial charge in [-0.3, -0.25) is 14.6 Å². The Morgan fingerprint density at radius 3 is 2.70 bits per heavy atom. The van der Waals surface area contributed by atoms with Crippen LogP contribution in [-0.4, -0.2) is 62.9 Å². The van der Waals surface area contributed by atoms with Crippen molar-refractivity contribution in [3.05, 3.63) is 60.6 Å². The molecule has 154 valence electrons. The molecule has 1 aliphatic heterocycles. The van der Waals surface area contributed by atoms with Crippen LogP contribution in [0.1, 0.15) is 23.3 Å². The Balaban J connectivity index is 1.27. The average Bonchev–Trinajstić information content (AvgIpc) is 3.22. The minimum absolute atomic E-state index is 0.0464. The molecule has 9 nitrogen and oxygen atoms in total. The van der Waals surface area contributed by atoms with Crippen molar-refractivity contribution in [3.63, 3.8) is 0 Å². The van der Waals surface area contributed by atoms with Crippen molar-refractivity contribution in [1.82, 2.24) is 30.2 Å². The second-order valence-corrected chi connectivity index (χ2v) is 6.92. The molecule has 9 heteroatoms. The van der Waals surface area contributed by atoms with E-state index in [1.165, 1.54) is 6.20 Å². The summed E-state index contributed by atoms with van der Waals surface area (Å²) in [7, 11) is 0. The van der Waals surface area contributed by atoms with Crippen LogP contribution in [0.4, 0.5) is 0 Å². The van der Waals surface area contributed by atoms with Gasteiger partial charge in [-0.25, -0.2) is 4.68 Å². The standard InChI is InChI=1S/C21H22N6O3/c1-2-30-18-7-5-15(6-8-18)19-14-27(25-24-19)17-12-26(13-17)20(28)11-23-21(29)16-4-3-9-22-10-16/h3-10,14,17H,2,11-13H2,1H3,(H,23,29). The fourth-order valence-corrected chi connectivity index (χ4v) is 3.17. The summed E-state index contributed by atoms with van der Waals surface area (Å²) < 4.78 is 7.23. The maximum Gasteiger partial charge on any atom is 0.253 e. The normalized spacial score (nSPS) is 13.6. The van der Waals surface area contributed by atoms with Gasteiger partial charge in [0.05, 0.1) is 31.0 Å². The summed E-state index contributed by atoms with van der Waals surface area (Å²) in [6, 6.07) is 11.1. The first-order valence-corrected chi connectivity index (χ1v) is 9.75. The highest BCUT2D eigenvalue weighted by molar-refractivity contribution is 5.96. The van der Waals surface area contributed by atoms with Crippen molar-refractivity contribution in [3.8, 4) is 17.0 Å². The number of rotatable bonds is 7. The summed E-state index contributed by atoms with van der Waals surface area (Å²) in [6.45, 7) is 3.59. The van der Waals surface area contributed by atoms with E-state index in [0.717, 1.165) is 17.0 Å². The number of amides is 2. The van der Waals surface area contributed by atoms with E-state index >= 15 is 0 Å². The van der Waals surface area contributed by atoms with Gasteiger partial charge in [-0.2, -0.15) is 0 Å². The number of benzene rings is 1. The number of aromatic nitrogens is 4. The van der Waals surface area contributed by atoms with E-state index in [2.05, 4.69) is 20.6 Å². The summed E-state index contributed by atoms with van der Waals surface area (Å²) in [5.74, 6) is 0.373. The molecular formula is C21H22N6O3. The topological polar surface area (TPSA) is 102 Å². The number of carbonyl (C=O) groups is 2. The first-order valence-electron chi connectivity index (χ1n) is 9.75. The maximum absolute atomic E-state index is 12.3. The Morgan fingerprint density at radius 1 is 1.20 bits per heavy atom. The number of ether oxygens (including phenoxy) is 1. The minimum Gasteiger partial charge on any atom is -0.494 e. The van der Waals surface area contributed by atoms with Gasteiger partial charge >= 0.3 is 0 Å². The smallest absolute Gasteiger partial charge is 0.253 e. The number of nitrogens with zero attached hydrogens (tertiary/aromatic N) is 5. The van der Waals surface area contributed by atoms with Crippen molar-refractivity contribution in [2.24, 2.45) is 0 Å². The summed E-state index contributed by atoms with van der Waals surface area (Å²) in [4.78, 5) is 29.9. The number of hydrogen-bond acceptors (Lipinski definition) is 6. The number of likely N-dealkylation sites (tertiary alicyclic amines) is 1. The van der Waals surface area contributed by atoms with Crippen molar-refractivity contribution in [1.29, 1.82) is 0 Å². The van der Waals surface area contributed by atoms with Crippen LogP contribution in [0.15, 0.2) is 55.0 Å². The molecule has 0 saturated carbocycles. The molecule has 0 unspecified atom stereocenters. The quantitative estimate of drug-likeness (QED) is 0.639. The molecule has 4 rings (SSSR count). The van der Waals surface area contributed by atoms with Crippen molar-refractivity contribution in [2.75, 3.05) is 26.2 Å². The zero-order valence-corrected chi connectivity index (χ0v) is 16.6. The third-order valence-corrected chi connectivity index (χ3v) is 4.88. The van der Waals surface area contributed by atoms with Crippen molar-refractivity contribution in [2.45, 2.75) is 13.0 Å². The van der Waals surface area contributed by atoms with Crippen LogP contribution in [0.25, 0.3) is 11.3 Å². The van der Waals surface area contributed by atoms with Gasteiger partial charge in [0.25, 0.3) is 5.91 Å².